The van der Waals surface area contributed by atoms with Crippen molar-refractivity contribution in [3.8, 4) is 0 Å². The molecule has 1 N–H and O–H groups in total. The Morgan fingerprint density at radius 2 is 2.05 bits per heavy atom. The molecule has 0 radical (unpaired) electrons. The van der Waals surface area contributed by atoms with Crippen molar-refractivity contribution in [1.29, 1.82) is 0 Å². The molecule has 7 nitrogen and oxygen atoms in total. The van der Waals surface area contributed by atoms with Crippen molar-refractivity contribution in [2.75, 3.05) is 6.61 Å². The number of carbonyl (C=O) groups is 2. The molecule has 0 aromatic rings. The lowest BCUT2D eigenvalue weighted by Gasteiger charge is -2.23. The number of esters is 2. The smallest absolute Gasteiger partial charge is 0.446 e. The summed E-state index contributed by atoms with van der Waals surface area (Å²) in [6.45, 7) is -0.161. The third-order valence-corrected chi connectivity index (χ3v) is 2.70. The quantitative estimate of drug-likeness (QED) is 0.266. The predicted molar refractivity (Wildman–Crippen MR) is 47.7 cm³/mol. The highest BCUT2D eigenvalue weighted by Gasteiger charge is 2.66. The Kier molecular flexibility index (Phi) is 4.95. The Hall–Kier alpha value is -1.11. The van der Waals surface area contributed by atoms with Gasteiger partial charge in [-0.2, -0.15) is 13.2 Å². The molecule has 2 unspecified atom stereocenters. The molecular weight excluding hydrogens is 304 g/mol. The second kappa shape index (κ2) is 5.90. The molecule has 0 aromatic carbocycles. The van der Waals surface area contributed by atoms with Crippen LogP contribution >= 0.6 is 12.0 Å². The fourth-order valence-corrected chi connectivity index (χ4v) is 1.38. The summed E-state index contributed by atoms with van der Waals surface area (Å²) in [5.41, 5.74) is 0. The molecule has 12 heteroatoms. The monoisotopic (exact) mass is 310 g/mol. The van der Waals surface area contributed by atoms with Gasteiger partial charge in [-0.15, -0.1) is 4.33 Å². The average molecular weight is 310 g/mol. The number of halogens is 4. The molecule has 110 valence electrons. The minimum absolute atomic E-state index is 0.161. The van der Waals surface area contributed by atoms with Crippen LogP contribution in [0.5, 0.6) is 0 Å². The van der Waals surface area contributed by atoms with Gasteiger partial charge in [-0.05, 0) is 0 Å². The molecule has 0 amide bonds. The molecule has 1 saturated heterocycles. The first kappa shape index (κ1) is 15.9. The van der Waals surface area contributed by atoms with Crippen molar-refractivity contribution in [2.24, 2.45) is 0 Å². The van der Waals surface area contributed by atoms with E-state index in [1.165, 1.54) is 0 Å². The molecule has 0 aromatic heterocycles. The lowest BCUT2D eigenvalue weighted by atomic mass is 10.3. The molecular formula is C7H6F4O7S. The van der Waals surface area contributed by atoms with Crippen molar-refractivity contribution in [1.82, 2.24) is 0 Å². The third kappa shape index (κ3) is 3.46. The first-order chi connectivity index (χ1) is 8.72. The topological polar surface area (TPSA) is 91.3 Å². The van der Waals surface area contributed by atoms with E-state index in [9.17, 15) is 27.2 Å². The SMILES string of the molecule is O=C1OCCC1OC(=O)C(F)(SOOO)C(F)(F)F. The maximum atomic E-state index is 13.6. The van der Waals surface area contributed by atoms with E-state index in [1.807, 2.05) is 0 Å². The van der Waals surface area contributed by atoms with Crippen LogP contribution in [-0.4, -0.2) is 41.1 Å². The van der Waals surface area contributed by atoms with Gasteiger partial charge in [0.15, 0.2) is 0 Å². The molecule has 0 aliphatic carbocycles. The Labute approximate surface area is 106 Å². The largest absolute Gasteiger partial charge is 0.463 e. The van der Waals surface area contributed by atoms with Crippen LogP contribution in [0.1, 0.15) is 6.42 Å². The van der Waals surface area contributed by atoms with Gasteiger partial charge in [0.05, 0.1) is 18.6 Å². The summed E-state index contributed by atoms with van der Waals surface area (Å²) >= 11 is -1.17. The summed E-state index contributed by atoms with van der Waals surface area (Å²) in [6, 6.07) is 0. The highest BCUT2D eigenvalue weighted by Crippen LogP contribution is 2.44. The van der Waals surface area contributed by atoms with E-state index in [2.05, 4.69) is 18.8 Å². The van der Waals surface area contributed by atoms with Crippen LogP contribution in [0.3, 0.4) is 0 Å². The van der Waals surface area contributed by atoms with Gasteiger partial charge in [-0.3, -0.25) is 0 Å². The highest BCUT2D eigenvalue weighted by atomic mass is 32.2. The molecule has 1 fully saturated rings. The van der Waals surface area contributed by atoms with E-state index in [0.29, 0.717) is 0 Å². The zero-order chi connectivity index (χ0) is 14.7. The average Bonchev–Trinajstić information content (AvgIpc) is 2.70. The molecule has 0 spiro atoms. The Morgan fingerprint density at radius 1 is 1.42 bits per heavy atom. The van der Waals surface area contributed by atoms with Gasteiger partial charge in [0.1, 0.15) is 0 Å². The van der Waals surface area contributed by atoms with Crippen molar-refractivity contribution < 1.29 is 51.3 Å². The lowest BCUT2D eigenvalue weighted by molar-refractivity contribution is -0.433. The molecule has 19 heavy (non-hydrogen) atoms. The van der Waals surface area contributed by atoms with Gasteiger partial charge >= 0.3 is 23.1 Å². The Bertz CT molecular complexity index is 362. The van der Waals surface area contributed by atoms with Gasteiger partial charge in [-0.1, -0.05) is 5.04 Å². The maximum absolute atomic E-state index is 13.6. The van der Waals surface area contributed by atoms with Crippen LogP contribution in [0.2, 0.25) is 0 Å². The van der Waals surface area contributed by atoms with Gasteiger partial charge in [-0.25, -0.2) is 19.2 Å². The molecule has 0 bridgehead atoms. The van der Waals surface area contributed by atoms with Crippen LogP contribution in [0.25, 0.3) is 0 Å². The van der Waals surface area contributed by atoms with Gasteiger partial charge < -0.3 is 9.47 Å². The molecule has 1 aliphatic heterocycles. The van der Waals surface area contributed by atoms with Crippen LogP contribution in [0.4, 0.5) is 17.6 Å². The number of hydrogen-bond acceptors (Lipinski definition) is 8. The van der Waals surface area contributed by atoms with Gasteiger partial charge in [0.25, 0.3) is 0 Å². The predicted octanol–water partition coefficient (Wildman–Crippen LogP) is 1.14. The maximum Gasteiger partial charge on any atom is 0.446 e. The summed E-state index contributed by atoms with van der Waals surface area (Å²) in [5.74, 6) is -3.51. The number of hydrogen-bond donors (Lipinski definition) is 1. The zero-order valence-electron chi connectivity index (χ0n) is 8.81. The Morgan fingerprint density at radius 3 is 2.47 bits per heavy atom. The number of cyclic esters (lactones) is 1. The van der Waals surface area contributed by atoms with Crippen LogP contribution in [-0.2, 0) is 28.4 Å². The zero-order valence-corrected chi connectivity index (χ0v) is 9.62. The van der Waals surface area contributed by atoms with Gasteiger partial charge in [0, 0.05) is 6.42 Å². The third-order valence-electron chi connectivity index (χ3n) is 1.94. The first-order valence-corrected chi connectivity index (χ1v) is 5.26. The molecule has 1 aliphatic rings. The van der Waals surface area contributed by atoms with Crippen molar-refractivity contribution in [3.63, 3.8) is 0 Å². The summed E-state index contributed by atoms with van der Waals surface area (Å²) in [4.78, 5) is 22.1. The van der Waals surface area contributed by atoms with E-state index in [-0.39, 0.29) is 13.0 Å². The van der Waals surface area contributed by atoms with Gasteiger partial charge in [0.2, 0.25) is 6.10 Å². The normalized spacial score (nSPS) is 22.8. The van der Waals surface area contributed by atoms with Crippen molar-refractivity contribution in [2.45, 2.75) is 23.7 Å². The Balaban J connectivity index is 2.79. The minimum Gasteiger partial charge on any atom is -0.463 e. The second-order valence-electron chi connectivity index (χ2n) is 3.17. The number of alkyl halides is 4. The van der Waals surface area contributed by atoms with Crippen molar-refractivity contribution >= 4 is 24.0 Å². The van der Waals surface area contributed by atoms with E-state index in [1.54, 1.807) is 0 Å². The second-order valence-corrected chi connectivity index (χ2v) is 4.03. The van der Waals surface area contributed by atoms with E-state index in [0.717, 1.165) is 0 Å². The first-order valence-electron chi connectivity index (χ1n) is 4.51. The van der Waals surface area contributed by atoms with E-state index >= 15 is 0 Å². The van der Waals surface area contributed by atoms with E-state index < -0.39 is 41.3 Å². The van der Waals surface area contributed by atoms with Crippen LogP contribution in [0, 0.1) is 0 Å². The van der Waals surface area contributed by atoms with Crippen molar-refractivity contribution in [3.05, 3.63) is 0 Å². The summed E-state index contributed by atoms with van der Waals surface area (Å²) in [5, 5.41) is 5.83. The fraction of sp³-hybridized carbons (Fsp3) is 0.714. The molecule has 0 saturated carbocycles. The van der Waals surface area contributed by atoms with Crippen LogP contribution in [0.15, 0.2) is 0 Å². The lowest BCUT2D eigenvalue weighted by Crippen LogP contribution is -2.48. The summed E-state index contributed by atoms with van der Waals surface area (Å²) in [7, 11) is 0. The number of carbonyl (C=O) groups excluding carboxylic acids is 2. The molecule has 1 rings (SSSR count). The highest BCUT2D eigenvalue weighted by molar-refractivity contribution is 7.96. The molecule has 1 heterocycles. The number of ether oxygens (including phenoxy) is 2. The minimum atomic E-state index is -5.73. The fourth-order valence-electron chi connectivity index (χ4n) is 1.05. The number of rotatable bonds is 5. The van der Waals surface area contributed by atoms with Crippen LogP contribution < -0.4 is 0 Å². The summed E-state index contributed by atoms with van der Waals surface area (Å²) < 4.78 is 62.5. The molecule has 2 atom stereocenters. The standard InChI is InChI=1S/C7H6F4O7S/c8-6(7(9,10)11,19-18-17-14)5(13)16-3-1-2-15-4(3)12/h3,14H,1-2H2. The van der Waals surface area contributed by atoms with E-state index in [4.69, 9.17) is 5.26 Å². The summed E-state index contributed by atoms with van der Waals surface area (Å²) in [6.07, 6.45) is -7.54.